The number of hydrogen-bond donors (Lipinski definition) is 1. The molecule has 2 N–H and O–H groups in total. The average molecular weight is 333 g/mol. The number of pyridine rings is 1. The first-order valence-electron chi connectivity index (χ1n) is 2.26. The molecule has 0 aliphatic carbocycles. The highest BCUT2D eigenvalue weighted by Crippen LogP contribution is 2.20. The molecule has 0 aliphatic heterocycles. The van der Waals surface area contributed by atoms with E-state index in [1.165, 1.54) is 0 Å². The van der Waals surface area contributed by atoms with Crippen molar-refractivity contribution in [1.82, 2.24) is 4.98 Å². The lowest BCUT2D eigenvalue weighted by atomic mass is 10.5. The summed E-state index contributed by atoms with van der Waals surface area (Å²) in [6, 6.07) is 1.85. The van der Waals surface area contributed by atoms with Crippen LogP contribution >= 0.6 is 48.8 Å². The van der Waals surface area contributed by atoms with E-state index >= 15 is 0 Å². The molecule has 0 saturated heterocycles. The minimum atomic E-state index is 0. The van der Waals surface area contributed by atoms with Gasteiger partial charge < -0.3 is 5.73 Å². The van der Waals surface area contributed by atoms with Crippen LogP contribution in [0.15, 0.2) is 21.2 Å². The molecule has 0 radical (unpaired) electrons. The van der Waals surface area contributed by atoms with Gasteiger partial charge in [-0.15, -0.1) is 17.0 Å². The Hall–Kier alpha value is 0.390. The number of nitrogens with zero attached hydrogens (tertiary/aromatic N) is 1. The Morgan fingerprint density at radius 2 is 2.00 bits per heavy atom. The first-order chi connectivity index (χ1) is 4.20. The zero-order valence-electron chi connectivity index (χ0n) is 4.84. The zero-order chi connectivity index (χ0) is 6.85. The van der Waals surface area contributed by atoms with Crippen molar-refractivity contribution >= 4 is 54.7 Å². The van der Waals surface area contributed by atoms with Crippen LogP contribution in [0.25, 0.3) is 0 Å². The Morgan fingerprint density at radius 3 is 2.40 bits per heavy atom. The normalized spacial score (nSPS) is 8.60. The van der Waals surface area contributed by atoms with Gasteiger partial charge in [-0.1, -0.05) is 0 Å². The van der Waals surface area contributed by atoms with Crippen molar-refractivity contribution in [2.24, 2.45) is 0 Å². The standard InChI is InChI=1S/C5H4Br2N2.BrH/c6-3-1-4(7)5(8)9-2-3;/h1-2H,(H2,8,9);1H. The molecule has 5 heteroatoms. The van der Waals surface area contributed by atoms with E-state index in [2.05, 4.69) is 36.8 Å². The minimum absolute atomic E-state index is 0. The second-order valence-electron chi connectivity index (χ2n) is 1.52. The van der Waals surface area contributed by atoms with E-state index in [0.29, 0.717) is 5.82 Å². The number of anilines is 1. The third kappa shape index (κ3) is 2.56. The summed E-state index contributed by atoms with van der Waals surface area (Å²) in [6.07, 6.45) is 1.65. The van der Waals surface area contributed by atoms with E-state index < -0.39 is 0 Å². The summed E-state index contributed by atoms with van der Waals surface area (Å²) in [5.41, 5.74) is 5.41. The second kappa shape index (κ2) is 4.31. The zero-order valence-corrected chi connectivity index (χ0v) is 9.73. The predicted octanol–water partition coefficient (Wildman–Crippen LogP) is 2.77. The predicted molar refractivity (Wildman–Crippen MR) is 54.4 cm³/mol. The first kappa shape index (κ1) is 10.4. The average Bonchev–Trinajstić information content (AvgIpc) is 1.80. The Labute approximate surface area is 86.2 Å². The molecular weight excluding hydrogens is 328 g/mol. The smallest absolute Gasteiger partial charge is 0.137 e. The maximum absolute atomic E-state index is 5.41. The van der Waals surface area contributed by atoms with Crippen molar-refractivity contribution < 1.29 is 0 Å². The van der Waals surface area contributed by atoms with Gasteiger partial charge in [0, 0.05) is 10.7 Å². The lowest BCUT2D eigenvalue weighted by molar-refractivity contribution is 1.30. The highest BCUT2D eigenvalue weighted by molar-refractivity contribution is 9.11. The van der Waals surface area contributed by atoms with Gasteiger partial charge in [0.2, 0.25) is 0 Å². The summed E-state index contributed by atoms with van der Waals surface area (Å²) in [7, 11) is 0. The first-order valence-corrected chi connectivity index (χ1v) is 3.85. The Morgan fingerprint density at radius 1 is 1.40 bits per heavy atom. The van der Waals surface area contributed by atoms with Gasteiger partial charge in [0.15, 0.2) is 0 Å². The molecule has 0 atom stereocenters. The van der Waals surface area contributed by atoms with Gasteiger partial charge in [0.1, 0.15) is 5.82 Å². The quantitative estimate of drug-likeness (QED) is 0.793. The largest absolute Gasteiger partial charge is 0.383 e. The minimum Gasteiger partial charge on any atom is -0.383 e. The molecular formula is C5H5Br3N2. The molecule has 1 heterocycles. The maximum Gasteiger partial charge on any atom is 0.137 e. The van der Waals surface area contributed by atoms with Crippen LogP contribution in [0.3, 0.4) is 0 Å². The summed E-state index contributed by atoms with van der Waals surface area (Å²) in [5, 5.41) is 0. The molecule has 0 amide bonds. The van der Waals surface area contributed by atoms with Crippen molar-refractivity contribution in [2.75, 3.05) is 5.73 Å². The van der Waals surface area contributed by atoms with E-state index in [4.69, 9.17) is 5.73 Å². The summed E-state index contributed by atoms with van der Waals surface area (Å²) in [4.78, 5) is 3.86. The van der Waals surface area contributed by atoms with Crippen LogP contribution in [0.4, 0.5) is 5.82 Å². The molecule has 0 bridgehead atoms. The topological polar surface area (TPSA) is 38.9 Å². The van der Waals surface area contributed by atoms with Gasteiger partial charge in [-0.3, -0.25) is 0 Å². The number of rotatable bonds is 0. The number of nitrogens with two attached hydrogens (primary N) is 1. The lowest BCUT2D eigenvalue weighted by Crippen LogP contribution is -1.89. The highest BCUT2D eigenvalue weighted by Gasteiger charge is 1.94. The summed E-state index contributed by atoms with van der Waals surface area (Å²) >= 11 is 6.48. The van der Waals surface area contributed by atoms with Crippen LogP contribution in [0, 0.1) is 0 Å². The molecule has 0 spiro atoms. The van der Waals surface area contributed by atoms with Crippen LogP contribution in [-0.2, 0) is 0 Å². The lowest BCUT2D eigenvalue weighted by Gasteiger charge is -1.94. The highest BCUT2D eigenvalue weighted by atomic mass is 79.9. The van der Waals surface area contributed by atoms with Gasteiger partial charge in [-0.25, -0.2) is 4.98 Å². The monoisotopic (exact) mass is 330 g/mol. The van der Waals surface area contributed by atoms with E-state index in [9.17, 15) is 0 Å². The fourth-order valence-corrected chi connectivity index (χ4v) is 1.41. The molecule has 0 saturated carbocycles. The van der Waals surface area contributed by atoms with E-state index in [0.717, 1.165) is 8.95 Å². The van der Waals surface area contributed by atoms with Gasteiger partial charge in [0.05, 0.1) is 4.47 Å². The van der Waals surface area contributed by atoms with E-state index in [1.54, 1.807) is 6.20 Å². The van der Waals surface area contributed by atoms with Crippen LogP contribution in [-0.4, -0.2) is 4.98 Å². The molecule has 10 heavy (non-hydrogen) atoms. The van der Waals surface area contributed by atoms with Gasteiger partial charge >= 0.3 is 0 Å². The van der Waals surface area contributed by atoms with Gasteiger partial charge in [-0.05, 0) is 37.9 Å². The SMILES string of the molecule is Br.Nc1ncc(Br)cc1Br. The van der Waals surface area contributed by atoms with E-state index in [-0.39, 0.29) is 17.0 Å². The molecule has 1 aromatic rings. The maximum atomic E-state index is 5.41. The summed E-state index contributed by atoms with van der Waals surface area (Å²) in [5.74, 6) is 0.512. The fraction of sp³-hybridized carbons (Fsp3) is 0. The van der Waals surface area contributed by atoms with Crippen molar-refractivity contribution in [3.05, 3.63) is 21.2 Å². The van der Waals surface area contributed by atoms with Crippen LogP contribution < -0.4 is 5.73 Å². The molecule has 0 fully saturated rings. The molecule has 1 rings (SSSR count). The van der Waals surface area contributed by atoms with E-state index in [1.807, 2.05) is 6.07 Å². The third-order valence-corrected chi connectivity index (χ3v) is 1.91. The summed E-state index contributed by atoms with van der Waals surface area (Å²) < 4.78 is 1.74. The van der Waals surface area contributed by atoms with Crippen molar-refractivity contribution in [3.8, 4) is 0 Å². The van der Waals surface area contributed by atoms with Crippen molar-refractivity contribution in [3.63, 3.8) is 0 Å². The van der Waals surface area contributed by atoms with Gasteiger partial charge in [0.25, 0.3) is 0 Å². The van der Waals surface area contributed by atoms with Crippen molar-refractivity contribution in [2.45, 2.75) is 0 Å². The Bertz CT molecular complexity index is 226. The number of nitrogen functional groups attached to an aromatic ring is 1. The molecule has 1 aromatic heterocycles. The molecule has 0 aromatic carbocycles. The summed E-state index contributed by atoms with van der Waals surface area (Å²) in [6.45, 7) is 0. The third-order valence-electron chi connectivity index (χ3n) is 0.836. The van der Waals surface area contributed by atoms with Crippen LogP contribution in [0.5, 0.6) is 0 Å². The molecule has 2 nitrogen and oxygen atoms in total. The Kier molecular flexibility index (Phi) is 4.47. The fourth-order valence-electron chi connectivity index (χ4n) is 0.425. The van der Waals surface area contributed by atoms with Gasteiger partial charge in [-0.2, -0.15) is 0 Å². The Balaban J connectivity index is 0.000000810. The van der Waals surface area contributed by atoms with Crippen LogP contribution in [0.1, 0.15) is 0 Å². The number of hydrogen-bond acceptors (Lipinski definition) is 2. The molecule has 0 aliphatic rings. The number of aromatic nitrogens is 1. The molecule has 0 unspecified atom stereocenters. The molecule has 56 valence electrons. The van der Waals surface area contributed by atoms with Crippen molar-refractivity contribution in [1.29, 1.82) is 0 Å². The van der Waals surface area contributed by atoms with Crippen LogP contribution in [0.2, 0.25) is 0 Å². The second-order valence-corrected chi connectivity index (χ2v) is 3.29. The number of halogens is 3.